The van der Waals surface area contributed by atoms with E-state index in [4.69, 9.17) is 9.84 Å². The zero-order chi connectivity index (χ0) is 22.7. The summed E-state index contributed by atoms with van der Waals surface area (Å²) in [6.45, 7) is 2.68. The molecule has 0 saturated heterocycles. The number of aliphatic hydroxyl groups is 1. The highest BCUT2D eigenvalue weighted by Crippen LogP contribution is 2.41. The molecule has 0 bridgehead atoms. The summed E-state index contributed by atoms with van der Waals surface area (Å²) in [6.07, 6.45) is 2.47. The Balaban J connectivity index is 1.84. The molecule has 1 unspecified atom stereocenters. The van der Waals surface area contributed by atoms with Gasteiger partial charge in [-0.25, -0.2) is 0 Å². The van der Waals surface area contributed by atoms with E-state index in [0.717, 1.165) is 29.5 Å². The molecule has 0 aliphatic heterocycles. The Morgan fingerprint density at radius 1 is 0.844 bits per heavy atom. The van der Waals surface area contributed by atoms with Crippen LogP contribution in [0, 0.1) is 0 Å². The fourth-order valence-electron chi connectivity index (χ4n) is 4.03. The van der Waals surface area contributed by atoms with Gasteiger partial charge in [-0.3, -0.25) is 4.79 Å². The first-order valence-corrected chi connectivity index (χ1v) is 11.4. The van der Waals surface area contributed by atoms with Gasteiger partial charge < -0.3 is 15.2 Å². The number of carbonyl (C=O) groups excluding carboxylic acids is 1. The molecule has 4 heteroatoms. The Labute approximate surface area is 191 Å². The number of amides is 1. The number of nitrogens with one attached hydrogen (secondary N) is 1. The van der Waals surface area contributed by atoms with Gasteiger partial charge in [0, 0.05) is 19.6 Å². The first-order valence-electron chi connectivity index (χ1n) is 11.4. The van der Waals surface area contributed by atoms with E-state index in [1.54, 1.807) is 0 Å². The molecule has 1 atom stereocenters. The molecule has 0 aliphatic rings. The van der Waals surface area contributed by atoms with Crippen LogP contribution in [0.2, 0.25) is 0 Å². The summed E-state index contributed by atoms with van der Waals surface area (Å²) < 4.78 is 6.91. The van der Waals surface area contributed by atoms with Crippen LogP contribution in [0.4, 0.5) is 0 Å². The fraction of sp³-hybridized carbons (Fsp3) is 0.321. The topological polar surface area (TPSA) is 58.6 Å². The van der Waals surface area contributed by atoms with Gasteiger partial charge in [0.1, 0.15) is 5.60 Å². The fourth-order valence-corrected chi connectivity index (χ4v) is 4.03. The first-order chi connectivity index (χ1) is 15.7. The van der Waals surface area contributed by atoms with E-state index in [2.05, 4.69) is 48.6 Å². The van der Waals surface area contributed by atoms with Gasteiger partial charge in [-0.2, -0.15) is 0 Å². The second kappa shape index (κ2) is 12.2. The van der Waals surface area contributed by atoms with Crippen molar-refractivity contribution in [1.29, 1.82) is 0 Å². The molecule has 0 saturated carbocycles. The van der Waals surface area contributed by atoms with Crippen LogP contribution in [0.25, 0.3) is 0 Å². The Bertz CT molecular complexity index is 832. The van der Waals surface area contributed by atoms with Crippen LogP contribution in [0.1, 0.15) is 49.3 Å². The molecule has 3 aromatic carbocycles. The minimum atomic E-state index is -0.743. The van der Waals surface area contributed by atoms with Crippen LogP contribution in [0.3, 0.4) is 0 Å². The zero-order valence-electron chi connectivity index (χ0n) is 18.7. The third-order valence-electron chi connectivity index (χ3n) is 5.59. The molecule has 4 nitrogen and oxygen atoms in total. The lowest BCUT2D eigenvalue weighted by Gasteiger charge is -2.38. The molecule has 3 rings (SSSR count). The average Bonchev–Trinajstić information content (AvgIpc) is 2.84. The summed E-state index contributed by atoms with van der Waals surface area (Å²) >= 11 is 0. The van der Waals surface area contributed by atoms with Crippen molar-refractivity contribution in [2.75, 3.05) is 13.2 Å². The van der Waals surface area contributed by atoms with Gasteiger partial charge in [0.05, 0.1) is 6.10 Å². The lowest BCUT2D eigenvalue weighted by Crippen LogP contribution is -2.36. The number of rotatable bonds is 12. The predicted molar refractivity (Wildman–Crippen MR) is 128 cm³/mol. The normalized spacial score (nSPS) is 12.3. The number of hydrogen-bond donors (Lipinski definition) is 2. The van der Waals surface area contributed by atoms with Crippen LogP contribution < -0.4 is 5.32 Å². The number of aliphatic hydroxyl groups excluding tert-OH is 1. The van der Waals surface area contributed by atoms with E-state index in [-0.39, 0.29) is 18.6 Å². The summed E-state index contributed by atoms with van der Waals surface area (Å²) in [6, 6.07) is 31.0. The van der Waals surface area contributed by atoms with Crippen molar-refractivity contribution in [3.63, 3.8) is 0 Å². The van der Waals surface area contributed by atoms with Gasteiger partial charge >= 0.3 is 0 Å². The summed E-state index contributed by atoms with van der Waals surface area (Å²) in [5, 5.41) is 11.7. The van der Waals surface area contributed by atoms with Gasteiger partial charge in [0.2, 0.25) is 5.91 Å². The number of carbonyl (C=O) groups is 1. The van der Waals surface area contributed by atoms with Crippen LogP contribution in [-0.2, 0) is 15.1 Å². The van der Waals surface area contributed by atoms with Crippen molar-refractivity contribution >= 4 is 5.91 Å². The molecular weight excluding hydrogens is 398 g/mol. The zero-order valence-corrected chi connectivity index (χ0v) is 18.7. The van der Waals surface area contributed by atoms with E-state index < -0.39 is 5.60 Å². The van der Waals surface area contributed by atoms with E-state index in [0.29, 0.717) is 19.4 Å². The maximum atomic E-state index is 12.0. The molecule has 168 valence electrons. The minimum Gasteiger partial charge on any atom is -0.396 e. The van der Waals surface area contributed by atoms with Crippen molar-refractivity contribution in [3.05, 3.63) is 108 Å². The lowest BCUT2D eigenvalue weighted by molar-refractivity contribution is -0.121. The SMILES string of the molecule is CC(CCCC(=O)NCCCO)OC(c1ccccc1)(c1ccccc1)c1ccccc1. The second-order valence-corrected chi connectivity index (χ2v) is 8.03. The van der Waals surface area contributed by atoms with E-state index in [1.165, 1.54) is 0 Å². The van der Waals surface area contributed by atoms with Gasteiger partial charge in [-0.1, -0.05) is 91.0 Å². The molecule has 0 radical (unpaired) electrons. The number of hydrogen-bond acceptors (Lipinski definition) is 3. The molecule has 2 N–H and O–H groups in total. The van der Waals surface area contributed by atoms with Crippen LogP contribution >= 0.6 is 0 Å². The molecule has 3 aromatic rings. The molecule has 0 aliphatic carbocycles. The maximum Gasteiger partial charge on any atom is 0.219 e. The predicted octanol–water partition coefficient (Wildman–Crippen LogP) is 5.05. The highest BCUT2D eigenvalue weighted by molar-refractivity contribution is 5.75. The molecule has 1 amide bonds. The summed E-state index contributed by atoms with van der Waals surface area (Å²) in [5.41, 5.74) is 2.48. The molecule has 0 fully saturated rings. The largest absolute Gasteiger partial charge is 0.396 e. The quantitative estimate of drug-likeness (QED) is 0.312. The second-order valence-electron chi connectivity index (χ2n) is 8.03. The highest BCUT2D eigenvalue weighted by atomic mass is 16.5. The Morgan fingerprint density at radius 3 is 1.75 bits per heavy atom. The van der Waals surface area contributed by atoms with Crippen LogP contribution in [0.15, 0.2) is 91.0 Å². The maximum absolute atomic E-state index is 12.0. The molecule has 0 heterocycles. The molecule has 0 aromatic heterocycles. The smallest absolute Gasteiger partial charge is 0.219 e. The van der Waals surface area contributed by atoms with Crippen molar-refractivity contribution in [2.24, 2.45) is 0 Å². The number of benzene rings is 3. The van der Waals surface area contributed by atoms with Gasteiger partial charge in [-0.15, -0.1) is 0 Å². The van der Waals surface area contributed by atoms with Crippen molar-refractivity contribution in [1.82, 2.24) is 5.32 Å². The third kappa shape index (κ3) is 6.06. The highest BCUT2D eigenvalue weighted by Gasteiger charge is 2.38. The Morgan fingerprint density at radius 2 is 1.31 bits per heavy atom. The van der Waals surface area contributed by atoms with Gasteiger partial charge in [0.15, 0.2) is 0 Å². The molecule has 32 heavy (non-hydrogen) atoms. The van der Waals surface area contributed by atoms with Gasteiger partial charge in [-0.05, 0) is 42.9 Å². The van der Waals surface area contributed by atoms with Crippen LogP contribution in [0.5, 0.6) is 0 Å². The first kappa shape index (κ1) is 23.7. The number of ether oxygens (including phenoxy) is 1. The van der Waals surface area contributed by atoms with E-state index >= 15 is 0 Å². The van der Waals surface area contributed by atoms with Crippen molar-refractivity contribution in [3.8, 4) is 0 Å². The summed E-state index contributed by atoms with van der Waals surface area (Å²) in [5.74, 6) is 0.0195. The van der Waals surface area contributed by atoms with Gasteiger partial charge in [0.25, 0.3) is 0 Å². The minimum absolute atomic E-state index is 0.0195. The van der Waals surface area contributed by atoms with Crippen LogP contribution in [-0.4, -0.2) is 30.3 Å². The monoisotopic (exact) mass is 431 g/mol. The van der Waals surface area contributed by atoms with E-state index in [1.807, 2.05) is 54.6 Å². The Hall–Kier alpha value is -2.95. The lowest BCUT2D eigenvalue weighted by atomic mass is 9.80. The average molecular weight is 432 g/mol. The molecular formula is C28H33NO3. The summed E-state index contributed by atoms with van der Waals surface area (Å²) in [7, 11) is 0. The van der Waals surface area contributed by atoms with Crippen molar-refractivity contribution < 1.29 is 14.6 Å². The van der Waals surface area contributed by atoms with Crippen molar-refractivity contribution in [2.45, 2.75) is 44.3 Å². The third-order valence-corrected chi connectivity index (χ3v) is 5.59. The Kier molecular flexibility index (Phi) is 9.02. The van der Waals surface area contributed by atoms with E-state index in [9.17, 15) is 4.79 Å². The molecule has 0 spiro atoms. The summed E-state index contributed by atoms with van der Waals surface area (Å²) in [4.78, 5) is 12.0. The standard InChI is InChI=1S/C28H33NO3/c1-23(13-11-20-27(31)29-21-12-22-30)32-28(24-14-5-2-6-15-24,25-16-7-3-8-17-25)26-18-9-4-10-19-26/h2-10,14-19,23,30H,11-13,20-22H2,1H3,(H,29,31).